The molecule has 1 aromatic heterocycles. The van der Waals surface area contributed by atoms with Crippen LogP contribution in [0.4, 0.5) is 0 Å². The highest BCUT2D eigenvalue weighted by atomic mass is 32.1. The summed E-state index contributed by atoms with van der Waals surface area (Å²) in [7, 11) is 0. The number of carbonyl (C=O) groups excluding carboxylic acids is 3. The molecule has 0 spiro atoms. The summed E-state index contributed by atoms with van der Waals surface area (Å²) >= 11 is 1.38. The molecule has 3 rings (SSSR count). The van der Waals surface area contributed by atoms with Crippen molar-refractivity contribution in [3.63, 3.8) is 0 Å². The van der Waals surface area contributed by atoms with Gasteiger partial charge in [-0.1, -0.05) is 19.9 Å². The zero-order valence-corrected chi connectivity index (χ0v) is 17.0. The molecule has 6 nitrogen and oxygen atoms in total. The Hall–Kier alpha value is -1.89. The molecule has 0 radical (unpaired) electrons. The average molecular weight is 392 g/mol. The predicted octanol–water partition coefficient (Wildman–Crippen LogP) is 2.36. The van der Waals surface area contributed by atoms with Gasteiger partial charge in [-0.25, -0.2) is 0 Å². The summed E-state index contributed by atoms with van der Waals surface area (Å²) in [5, 5.41) is 4.87. The number of nitrogens with zero attached hydrogens (tertiary/aromatic N) is 2. The number of hydrogen-bond donors (Lipinski definition) is 1. The van der Waals surface area contributed by atoms with E-state index < -0.39 is 6.04 Å². The first kappa shape index (κ1) is 19.9. The quantitative estimate of drug-likeness (QED) is 0.838. The molecular weight excluding hydrogens is 362 g/mol. The number of nitrogens with one attached hydrogen (secondary N) is 1. The van der Waals surface area contributed by atoms with Gasteiger partial charge in [-0.05, 0) is 43.0 Å². The number of amides is 3. The molecule has 2 aliphatic rings. The number of carbonyl (C=O) groups is 3. The van der Waals surface area contributed by atoms with Crippen LogP contribution in [-0.4, -0.2) is 59.7 Å². The van der Waals surface area contributed by atoms with E-state index in [1.54, 1.807) is 6.07 Å². The van der Waals surface area contributed by atoms with E-state index in [2.05, 4.69) is 5.32 Å². The molecule has 3 heterocycles. The van der Waals surface area contributed by atoms with Crippen LogP contribution >= 0.6 is 11.3 Å². The van der Waals surface area contributed by atoms with E-state index in [9.17, 15) is 14.4 Å². The summed E-state index contributed by atoms with van der Waals surface area (Å²) in [6, 6.07) is 3.11. The van der Waals surface area contributed by atoms with Crippen molar-refractivity contribution in [1.82, 2.24) is 15.1 Å². The maximum atomic E-state index is 13.1. The van der Waals surface area contributed by atoms with Crippen LogP contribution in [-0.2, 0) is 9.59 Å². The summed E-state index contributed by atoms with van der Waals surface area (Å²) in [5.74, 6) is 0.0769. The van der Waals surface area contributed by atoms with Crippen LogP contribution in [0.3, 0.4) is 0 Å². The van der Waals surface area contributed by atoms with Gasteiger partial charge in [0.25, 0.3) is 5.91 Å². The van der Waals surface area contributed by atoms with E-state index in [0.717, 1.165) is 38.8 Å². The van der Waals surface area contributed by atoms with Gasteiger partial charge in [0, 0.05) is 32.1 Å². The lowest BCUT2D eigenvalue weighted by atomic mass is 9.88. The van der Waals surface area contributed by atoms with Gasteiger partial charge in [0.2, 0.25) is 11.8 Å². The lowest BCUT2D eigenvalue weighted by molar-refractivity contribution is -0.137. The Morgan fingerprint density at radius 2 is 1.67 bits per heavy atom. The summed E-state index contributed by atoms with van der Waals surface area (Å²) in [6.45, 7) is 6.68. The van der Waals surface area contributed by atoms with Crippen LogP contribution in [0, 0.1) is 11.8 Å². The van der Waals surface area contributed by atoms with E-state index in [1.165, 1.54) is 11.3 Å². The molecule has 7 heteroatoms. The van der Waals surface area contributed by atoms with Crippen molar-refractivity contribution in [2.75, 3.05) is 26.2 Å². The molecule has 3 amide bonds. The molecule has 1 atom stereocenters. The van der Waals surface area contributed by atoms with Gasteiger partial charge in [0.1, 0.15) is 6.04 Å². The molecule has 1 N–H and O–H groups in total. The highest BCUT2D eigenvalue weighted by Crippen LogP contribution is 2.25. The molecule has 2 aliphatic heterocycles. The van der Waals surface area contributed by atoms with Crippen LogP contribution in [0.15, 0.2) is 17.5 Å². The summed E-state index contributed by atoms with van der Waals surface area (Å²) in [6.07, 6.45) is 3.54. The number of piperidine rings is 1. The monoisotopic (exact) mass is 391 g/mol. The van der Waals surface area contributed by atoms with Crippen molar-refractivity contribution in [2.24, 2.45) is 11.8 Å². The van der Waals surface area contributed by atoms with Crippen LogP contribution in [0.25, 0.3) is 0 Å². The summed E-state index contributed by atoms with van der Waals surface area (Å²) < 4.78 is 0. The predicted molar refractivity (Wildman–Crippen MR) is 106 cm³/mol. The first-order valence-corrected chi connectivity index (χ1v) is 10.8. The minimum atomic E-state index is -0.506. The van der Waals surface area contributed by atoms with Gasteiger partial charge >= 0.3 is 0 Å². The molecule has 2 saturated heterocycles. The van der Waals surface area contributed by atoms with Gasteiger partial charge in [0.05, 0.1) is 4.88 Å². The Balaban J connectivity index is 1.69. The Labute approximate surface area is 164 Å². The third kappa shape index (κ3) is 4.69. The molecular formula is C20H29N3O3S. The van der Waals surface area contributed by atoms with Crippen LogP contribution < -0.4 is 5.32 Å². The number of thiophene rings is 1. The highest BCUT2D eigenvalue weighted by Gasteiger charge is 2.37. The van der Waals surface area contributed by atoms with Crippen molar-refractivity contribution >= 4 is 29.1 Å². The van der Waals surface area contributed by atoms with Crippen molar-refractivity contribution < 1.29 is 14.4 Å². The Morgan fingerprint density at radius 1 is 1.04 bits per heavy atom. The maximum Gasteiger partial charge on any atom is 0.262 e. The molecule has 0 aromatic carbocycles. The minimum absolute atomic E-state index is 0.0119. The lowest BCUT2D eigenvalue weighted by Crippen LogP contribution is -2.54. The molecule has 0 aliphatic carbocycles. The van der Waals surface area contributed by atoms with E-state index >= 15 is 0 Å². The Morgan fingerprint density at radius 3 is 2.22 bits per heavy atom. The smallest absolute Gasteiger partial charge is 0.262 e. The van der Waals surface area contributed by atoms with Crippen molar-refractivity contribution in [1.29, 1.82) is 0 Å². The third-order valence-electron chi connectivity index (χ3n) is 5.53. The van der Waals surface area contributed by atoms with Gasteiger partial charge in [-0.15, -0.1) is 11.3 Å². The van der Waals surface area contributed by atoms with Crippen LogP contribution in [0.1, 0.15) is 49.2 Å². The van der Waals surface area contributed by atoms with Gasteiger partial charge in [-0.2, -0.15) is 0 Å². The maximum absolute atomic E-state index is 13.1. The Kier molecular flexibility index (Phi) is 6.52. The van der Waals surface area contributed by atoms with Gasteiger partial charge in [0.15, 0.2) is 0 Å². The Bertz CT molecular complexity index is 660. The summed E-state index contributed by atoms with van der Waals surface area (Å²) in [4.78, 5) is 42.3. The molecule has 0 saturated carbocycles. The molecule has 0 unspecified atom stereocenters. The summed E-state index contributed by atoms with van der Waals surface area (Å²) in [5.41, 5.74) is 0. The lowest BCUT2D eigenvalue weighted by Gasteiger charge is -2.37. The van der Waals surface area contributed by atoms with Crippen LogP contribution in [0.5, 0.6) is 0 Å². The fourth-order valence-electron chi connectivity index (χ4n) is 3.95. The van der Waals surface area contributed by atoms with E-state index in [0.29, 0.717) is 18.0 Å². The fourth-order valence-corrected chi connectivity index (χ4v) is 4.58. The number of likely N-dealkylation sites (tertiary alicyclic amines) is 2. The van der Waals surface area contributed by atoms with Crippen molar-refractivity contribution in [3.8, 4) is 0 Å². The number of rotatable bonds is 5. The molecule has 148 valence electrons. The van der Waals surface area contributed by atoms with Gasteiger partial charge < -0.3 is 15.1 Å². The second-order valence-electron chi connectivity index (χ2n) is 7.78. The average Bonchev–Trinajstić information content (AvgIpc) is 3.39. The first-order valence-electron chi connectivity index (χ1n) is 9.89. The molecule has 0 bridgehead atoms. The van der Waals surface area contributed by atoms with E-state index in [4.69, 9.17) is 0 Å². The zero-order valence-electron chi connectivity index (χ0n) is 16.1. The second-order valence-corrected chi connectivity index (χ2v) is 8.73. The van der Waals surface area contributed by atoms with Crippen molar-refractivity contribution in [3.05, 3.63) is 22.4 Å². The number of hydrogen-bond acceptors (Lipinski definition) is 4. The third-order valence-corrected chi connectivity index (χ3v) is 6.40. The second kappa shape index (κ2) is 8.87. The normalized spacial score (nSPS) is 19.4. The van der Waals surface area contributed by atoms with E-state index in [1.807, 2.05) is 35.1 Å². The first-order chi connectivity index (χ1) is 13.0. The standard InChI is InChI=1S/C20H29N3O3S/c1-14(2)19(25)23-11-7-15(8-12-23)17(20(26)22-9-3-4-10-22)21-18(24)16-6-5-13-27-16/h5-6,13-15,17H,3-4,7-12H2,1-2H3,(H,21,24)/t17-/m1/s1. The van der Waals surface area contributed by atoms with Crippen LogP contribution in [0.2, 0.25) is 0 Å². The highest BCUT2D eigenvalue weighted by molar-refractivity contribution is 7.12. The van der Waals surface area contributed by atoms with Crippen molar-refractivity contribution in [2.45, 2.75) is 45.6 Å². The molecule has 1 aromatic rings. The minimum Gasteiger partial charge on any atom is -0.342 e. The largest absolute Gasteiger partial charge is 0.342 e. The van der Waals surface area contributed by atoms with E-state index in [-0.39, 0.29) is 29.6 Å². The molecule has 27 heavy (non-hydrogen) atoms. The zero-order chi connectivity index (χ0) is 19.4. The SMILES string of the molecule is CC(C)C(=O)N1CCC([C@@H](NC(=O)c2cccs2)C(=O)N2CCCC2)CC1. The fraction of sp³-hybridized carbons (Fsp3) is 0.650. The van der Waals surface area contributed by atoms with Gasteiger partial charge in [-0.3, -0.25) is 14.4 Å². The molecule has 2 fully saturated rings. The topological polar surface area (TPSA) is 69.7 Å².